The first-order valence-electron chi connectivity index (χ1n) is 7.67. The van der Waals surface area contributed by atoms with E-state index in [2.05, 4.69) is 5.32 Å². The first kappa shape index (κ1) is 15.6. The Morgan fingerprint density at radius 1 is 1.30 bits per heavy atom. The summed E-state index contributed by atoms with van der Waals surface area (Å²) in [6.07, 6.45) is 3.49. The van der Waals surface area contributed by atoms with Gasteiger partial charge in [-0.05, 0) is 37.1 Å². The van der Waals surface area contributed by atoms with Gasteiger partial charge in [-0.25, -0.2) is 9.18 Å². The second-order valence-corrected chi connectivity index (χ2v) is 5.50. The van der Waals surface area contributed by atoms with Crippen molar-refractivity contribution in [2.24, 2.45) is 0 Å². The molecule has 1 fully saturated rings. The zero-order valence-electron chi connectivity index (χ0n) is 12.7. The van der Waals surface area contributed by atoms with Gasteiger partial charge in [-0.2, -0.15) is 0 Å². The van der Waals surface area contributed by atoms with E-state index in [1.165, 1.54) is 12.1 Å². The summed E-state index contributed by atoms with van der Waals surface area (Å²) >= 11 is 0. The zero-order valence-corrected chi connectivity index (χ0v) is 12.7. The van der Waals surface area contributed by atoms with Crippen LogP contribution in [0.1, 0.15) is 18.6 Å². The number of hydrogen-bond donors (Lipinski definition) is 1. The van der Waals surface area contributed by atoms with Crippen molar-refractivity contribution >= 4 is 11.7 Å². The Morgan fingerprint density at radius 3 is 2.87 bits per heavy atom. The Hall–Kier alpha value is -2.34. The monoisotopic (exact) mass is 318 g/mol. The second kappa shape index (κ2) is 7.28. The lowest BCUT2D eigenvalue weighted by Gasteiger charge is -2.25. The van der Waals surface area contributed by atoms with Crippen LogP contribution < -0.4 is 5.32 Å². The van der Waals surface area contributed by atoms with Crippen molar-refractivity contribution in [3.8, 4) is 0 Å². The highest BCUT2D eigenvalue weighted by molar-refractivity contribution is 5.89. The molecule has 3 rings (SSSR count). The number of para-hydroxylation sites is 1. The number of ether oxygens (including phenoxy) is 1. The van der Waals surface area contributed by atoms with Crippen molar-refractivity contribution in [3.05, 3.63) is 54.2 Å². The number of anilines is 1. The molecule has 2 aromatic rings. The number of nitrogens with zero attached hydrogens (tertiary/aromatic N) is 1. The largest absolute Gasteiger partial charge is 0.467 e. The predicted molar refractivity (Wildman–Crippen MR) is 83.5 cm³/mol. The summed E-state index contributed by atoms with van der Waals surface area (Å²) in [6.45, 7) is 1.47. The van der Waals surface area contributed by atoms with Gasteiger partial charge in [0, 0.05) is 13.2 Å². The molecule has 1 aliphatic heterocycles. The van der Waals surface area contributed by atoms with Crippen LogP contribution in [0.15, 0.2) is 47.1 Å². The molecule has 1 aromatic carbocycles. The molecule has 1 aromatic heterocycles. The van der Waals surface area contributed by atoms with E-state index in [0.717, 1.165) is 12.8 Å². The fraction of sp³-hybridized carbons (Fsp3) is 0.353. The van der Waals surface area contributed by atoms with E-state index in [0.29, 0.717) is 25.5 Å². The number of nitrogens with one attached hydrogen (secondary N) is 1. The van der Waals surface area contributed by atoms with Gasteiger partial charge in [0.05, 0.1) is 24.6 Å². The van der Waals surface area contributed by atoms with Gasteiger partial charge in [0.1, 0.15) is 11.6 Å². The minimum Gasteiger partial charge on any atom is -0.467 e. The van der Waals surface area contributed by atoms with Crippen molar-refractivity contribution < 1.29 is 18.3 Å². The maximum absolute atomic E-state index is 13.7. The predicted octanol–water partition coefficient (Wildman–Crippen LogP) is 3.63. The summed E-state index contributed by atoms with van der Waals surface area (Å²) in [5, 5.41) is 2.61. The second-order valence-electron chi connectivity index (χ2n) is 5.50. The quantitative estimate of drug-likeness (QED) is 0.916. The van der Waals surface area contributed by atoms with Crippen molar-refractivity contribution in [3.63, 3.8) is 0 Å². The average Bonchev–Trinajstić information content (AvgIpc) is 3.22. The summed E-state index contributed by atoms with van der Waals surface area (Å²) in [4.78, 5) is 14.1. The molecular weight excluding hydrogens is 299 g/mol. The molecule has 6 heteroatoms. The number of urea groups is 1. The molecule has 0 unspecified atom stereocenters. The van der Waals surface area contributed by atoms with Crippen molar-refractivity contribution in [1.29, 1.82) is 0 Å². The molecule has 1 atom stereocenters. The first-order chi connectivity index (χ1) is 11.2. The molecule has 122 valence electrons. The fourth-order valence-corrected chi connectivity index (χ4v) is 2.60. The molecule has 0 spiro atoms. The smallest absolute Gasteiger partial charge is 0.322 e. The van der Waals surface area contributed by atoms with Gasteiger partial charge in [-0.3, -0.25) is 0 Å². The molecule has 2 amide bonds. The van der Waals surface area contributed by atoms with E-state index in [9.17, 15) is 9.18 Å². The number of furan rings is 1. The summed E-state index contributed by atoms with van der Waals surface area (Å²) in [5.41, 5.74) is 0.161. The normalized spacial score (nSPS) is 17.2. The lowest BCUT2D eigenvalue weighted by Crippen LogP contribution is -2.39. The van der Waals surface area contributed by atoms with Gasteiger partial charge >= 0.3 is 6.03 Å². The highest BCUT2D eigenvalue weighted by atomic mass is 19.1. The number of carbonyl (C=O) groups excluding carboxylic acids is 1. The third-order valence-corrected chi connectivity index (χ3v) is 3.78. The Labute approximate surface area is 134 Å². The SMILES string of the molecule is O=C(Nc1ccccc1F)N(Cc1ccco1)C[C@@H]1CCCO1. The van der Waals surface area contributed by atoms with Crippen molar-refractivity contribution in [2.75, 3.05) is 18.5 Å². The first-order valence-corrected chi connectivity index (χ1v) is 7.67. The van der Waals surface area contributed by atoms with Gasteiger partial charge in [-0.15, -0.1) is 0 Å². The molecule has 0 aliphatic carbocycles. The average molecular weight is 318 g/mol. The lowest BCUT2D eigenvalue weighted by molar-refractivity contribution is 0.0803. The van der Waals surface area contributed by atoms with Crippen molar-refractivity contribution in [1.82, 2.24) is 4.90 Å². The van der Waals surface area contributed by atoms with Crippen LogP contribution in [-0.2, 0) is 11.3 Å². The number of benzene rings is 1. The van der Waals surface area contributed by atoms with Crippen LogP contribution in [0, 0.1) is 5.82 Å². The lowest BCUT2D eigenvalue weighted by atomic mass is 10.2. The van der Waals surface area contributed by atoms with Crippen molar-refractivity contribution in [2.45, 2.75) is 25.5 Å². The van der Waals surface area contributed by atoms with Gasteiger partial charge in [-0.1, -0.05) is 12.1 Å². The summed E-state index contributed by atoms with van der Waals surface area (Å²) < 4.78 is 24.6. The van der Waals surface area contributed by atoms with Crippen LogP contribution in [0.4, 0.5) is 14.9 Å². The molecule has 1 aliphatic rings. The number of amides is 2. The molecular formula is C17H19FN2O3. The topological polar surface area (TPSA) is 54.7 Å². The van der Waals surface area contributed by atoms with E-state index in [4.69, 9.17) is 9.15 Å². The third kappa shape index (κ3) is 4.10. The van der Waals surface area contributed by atoms with Crippen LogP contribution in [0.5, 0.6) is 0 Å². The summed E-state index contributed by atoms with van der Waals surface area (Å²) in [7, 11) is 0. The number of rotatable bonds is 5. The molecule has 0 bridgehead atoms. The number of hydrogen-bond acceptors (Lipinski definition) is 3. The maximum Gasteiger partial charge on any atom is 0.322 e. The molecule has 1 saturated heterocycles. The molecule has 5 nitrogen and oxygen atoms in total. The standard InChI is InChI=1S/C17H19FN2O3/c18-15-7-1-2-8-16(15)19-17(21)20(11-13-5-3-9-22-13)12-14-6-4-10-23-14/h1-3,5,7-9,14H,4,6,10-12H2,(H,19,21)/t14-/m0/s1. The van der Waals surface area contributed by atoms with E-state index in [-0.39, 0.29) is 17.8 Å². The molecule has 1 N–H and O–H groups in total. The fourth-order valence-electron chi connectivity index (χ4n) is 2.60. The van der Waals surface area contributed by atoms with Crippen LogP contribution in [0.2, 0.25) is 0 Å². The van der Waals surface area contributed by atoms with E-state index in [1.54, 1.807) is 35.4 Å². The highest BCUT2D eigenvalue weighted by Crippen LogP contribution is 2.18. The van der Waals surface area contributed by atoms with Crippen LogP contribution in [-0.4, -0.2) is 30.2 Å². The minimum atomic E-state index is -0.462. The Bertz CT molecular complexity index is 639. The van der Waals surface area contributed by atoms with E-state index < -0.39 is 5.82 Å². The molecule has 0 radical (unpaired) electrons. The molecule has 0 saturated carbocycles. The van der Waals surface area contributed by atoms with Crippen LogP contribution >= 0.6 is 0 Å². The van der Waals surface area contributed by atoms with Crippen LogP contribution in [0.3, 0.4) is 0 Å². The minimum absolute atomic E-state index is 0.0105. The summed E-state index contributed by atoms with van der Waals surface area (Å²) in [6, 6.07) is 9.31. The number of halogens is 1. The summed E-state index contributed by atoms with van der Waals surface area (Å²) in [5.74, 6) is 0.211. The molecule has 23 heavy (non-hydrogen) atoms. The van der Waals surface area contributed by atoms with Gasteiger partial charge < -0.3 is 19.4 Å². The van der Waals surface area contributed by atoms with E-state index in [1.807, 2.05) is 0 Å². The number of carbonyl (C=O) groups is 1. The van der Waals surface area contributed by atoms with Gasteiger partial charge in [0.2, 0.25) is 0 Å². The highest BCUT2D eigenvalue weighted by Gasteiger charge is 2.24. The van der Waals surface area contributed by atoms with Gasteiger partial charge in [0.25, 0.3) is 0 Å². The van der Waals surface area contributed by atoms with Gasteiger partial charge in [0.15, 0.2) is 0 Å². The molecule has 2 heterocycles. The Balaban J connectivity index is 1.70. The third-order valence-electron chi connectivity index (χ3n) is 3.78. The maximum atomic E-state index is 13.7. The zero-order chi connectivity index (χ0) is 16.1. The van der Waals surface area contributed by atoms with Crippen LogP contribution in [0.25, 0.3) is 0 Å². The Kier molecular flexibility index (Phi) is 4.92. The Morgan fingerprint density at radius 2 is 2.17 bits per heavy atom. The van der Waals surface area contributed by atoms with E-state index >= 15 is 0 Å².